The van der Waals surface area contributed by atoms with Crippen LogP contribution >= 0.6 is 0 Å². The van der Waals surface area contributed by atoms with E-state index in [9.17, 15) is 0 Å². The number of rotatable bonds is 8. The van der Waals surface area contributed by atoms with Crippen molar-refractivity contribution in [2.24, 2.45) is 0 Å². The van der Waals surface area contributed by atoms with Crippen LogP contribution in [0.15, 0.2) is 12.4 Å². The van der Waals surface area contributed by atoms with Gasteiger partial charge in [0.1, 0.15) is 6.33 Å². The zero-order valence-electron chi connectivity index (χ0n) is 12.5. The summed E-state index contributed by atoms with van der Waals surface area (Å²) in [6.07, 6.45) is 7.40. The molecule has 1 aliphatic heterocycles. The zero-order chi connectivity index (χ0) is 14.2. The Morgan fingerprint density at radius 2 is 2.40 bits per heavy atom. The van der Waals surface area contributed by atoms with Gasteiger partial charge in [-0.15, -0.1) is 0 Å². The summed E-state index contributed by atoms with van der Waals surface area (Å²) in [5.41, 5.74) is 1.02. The Morgan fingerprint density at radius 1 is 1.50 bits per heavy atom. The average molecular weight is 279 g/mol. The molecule has 0 radical (unpaired) electrons. The molecule has 1 N–H and O–H groups in total. The number of hydrogen-bond donors (Lipinski definition) is 1. The maximum absolute atomic E-state index is 5.75. The van der Waals surface area contributed by atoms with Gasteiger partial charge in [-0.3, -0.25) is 0 Å². The van der Waals surface area contributed by atoms with E-state index in [4.69, 9.17) is 9.47 Å². The molecule has 0 amide bonds. The van der Waals surface area contributed by atoms with Gasteiger partial charge in [-0.25, -0.2) is 9.97 Å². The highest BCUT2D eigenvalue weighted by Gasteiger charge is 2.21. The van der Waals surface area contributed by atoms with Crippen molar-refractivity contribution >= 4 is 0 Å². The lowest BCUT2D eigenvalue weighted by Gasteiger charge is -2.21. The largest absolute Gasteiger partial charge is 0.481 e. The topological polar surface area (TPSA) is 56.3 Å². The Bertz CT molecular complexity index is 394. The average Bonchev–Trinajstić information content (AvgIpc) is 2.98. The molecule has 0 saturated carbocycles. The Balaban J connectivity index is 1.94. The van der Waals surface area contributed by atoms with Crippen molar-refractivity contribution in [3.8, 4) is 5.88 Å². The molecule has 2 heterocycles. The van der Waals surface area contributed by atoms with Crippen LogP contribution in [0.1, 0.15) is 38.3 Å². The molecule has 2 atom stereocenters. The Hall–Kier alpha value is -1.20. The van der Waals surface area contributed by atoms with Crippen molar-refractivity contribution in [3.63, 3.8) is 0 Å². The van der Waals surface area contributed by atoms with Crippen LogP contribution in [0.25, 0.3) is 0 Å². The monoisotopic (exact) mass is 279 g/mol. The summed E-state index contributed by atoms with van der Waals surface area (Å²) >= 11 is 0. The lowest BCUT2D eigenvalue weighted by atomic mass is 10.0. The summed E-state index contributed by atoms with van der Waals surface area (Å²) in [7, 11) is 1.63. The molecule has 0 spiro atoms. The zero-order valence-corrected chi connectivity index (χ0v) is 12.5. The van der Waals surface area contributed by atoms with Crippen LogP contribution in [0, 0.1) is 0 Å². The minimum atomic E-state index is 0.396. The minimum absolute atomic E-state index is 0.396. The van der Waals surface area contributed by atoms with Gasteiger partial charge >= 0.3 is 0 Å². The molecule has 20 heavy (non-hydrogen) atoms. The third-order valence-electron chi connectivity index (χ3n) is 3.62. The second-order valence-electron chi connectivity index (χ2n) is 5.28. The first kappa shape index (κ1) is 15.2. The number of nitrogens with one attached hydrogen (secondary N) is 1. The van der Waals surface area contributed by atoms with E-state index in [1.54, 1.807) is 13.4 Å². The summed E-state index contributed by atoms with van der Waals surface area (Å²) in [6, 6.07) is 2.31. The molecular weight excluding hydrogens is 254 g/mol. The van der Waals surface area contributed by atoms with Crippen molar-refractivity contribution in [2.75, 3.05) is 20.3 Å². The molecule has 1 aliphatic rings. The SMILES string of the molecule is CCCNC(Cc1cc(OC)ncn1)CC1CCCO1. The summed E-state index contributed by atoms with van der Waals surface area (Å²) in [6.45, 7) is 4.12. The summed E-state index contributed by atoms with van der Waals surface area (Å²) in [5, 5.41) is 3.60. The number of methoxy groups -OCH3 is 1. The summed E-state index contributed by atoms with van der Waals surface area (Å²) < 4.78 is 10.9. The van der Waals surface area contributed by atoms with E-state index in [2.05, 4.69) is 22.2 Å². The predicted molar refractivity (Wildman–Crippen MR) is 78.0 cm³/mol. The molecule has 1 fully saturated rings. The smallest absolute Gasteiger partial charge is 0.216 e. The highest BCUT2D eigenvalue weighted by molar-refractivity contribution is 5.14. The first-order valence-electron chi connectivity index (χ1n) is 7.51. The van der Waals surface area contributed by atoms with E-state index in [1.807, 2.05) is 6.07 Å². The molecule has 0 bridgehead atoms. The van der Waals surface area contributed by atoms with Gasteiger partial charge in [-0.1, -0.05) is 6.92 Å². The molecular formula is C15H25N3O2. The Kier molecular flexibility index (Phi) is 6.21. The summed E-state index contributed by atoms with van der Waals surface area (Å²) in [4.78, 5) is 8.39. The molecule has 1 saturated heterocycles. The van der Waals surface area contributed by atoms with Gasteiger partial charge < -0.3 is 14.8 Å². The minimum Gasteiger partial charge on any atom is -0.481 e. The van der Waals surface area contributed by atoms with Crippen molar-refractivity contribution in [2.45, 2.75) is 51.2 Å². The molecule has 5 nitrogen and oxygen atoms in total. The highest BCUT2D eigenvalue weighted by atomic mass is 16.5. The normalized spacial score (nSPS) is 20.0. The van der Waals surface area contributed by atoms with E-state index in [1.165, 1.54) is 12.8 Å². The van der Waals surface area contributed by atoms with Gasteiger partial charge in [0.15, 0.2) is 0 Å². The molecule has 112 valence electrons. The fourth-order valence-electron chi connectivity index (χ4n) is 2.59. The standard InChI is InChI=1S/C15H25N3O2/c1-3-6-16-12(9-14-5-4-7-20-14)8-13-10-15(19-2)18-11-17-13/h10-12,14,16H,3-9H2,1-2H3. The van der Waals surface area contributed by atoms with Gasteiger partial charge in [0.05, 0.1) is 13.2 Å². The third kappa shape index (κ3) is 4.72. The lowest BCUT2D eigenvalue weighted by Crippen LogP contribution is -2.35. The van der Waals surface area contributed by atoms with E-state index in [0.29, 0.717) is 18.0 Å². The third-order valence-corrected chi connectivity index (χ3v) is 3.62. The maximum atomic E-state index is 5.75. The molecule has 2 unspecified atom stereocenters. The van der Waals surface area contributed by atoms with Crippen molar-refractivity contribution < 1.29 is 9.47 Å². The van der Waals surface area contributed by atoms with Crippen LogP contribution in [-0.4, -0.2) is 42.4 Å². The van der Waals surface area contributed by atoms with Gasteiger partial charge in [0, 0.05) is 30.8 Å². The molecule has 1 aromatic rings. The Labute approximate surface area is 121 Å². The lowest BCUT2D eigenvalue weighted by molar-refractivity contribution is 0.0945. The fraction of sp³-hybridized carbons (Fsp3) is 0.733. The van der Waals surface area contributed by atoms with E-state index >= 15 is 0 Å². The first-order chi connectivity index (χ1) is 9.81. The number of nitrogens with zero attached hydrogens (tertiary/aromatic N) is 2. The van der Waals surface area contributed by atoms with E-state index in [-0.39, 0.29) is 0 Å². The number of ether oxygens (including phenoxy) is 2. The molecule has 5 heteroatoms. The maximum Gasteiger partial charge on any atom is 0.216 e. The molecule has 0 aromatic carbocycles. The fourth-order valence-corrected chi connectivity index (χ4v) is 2.59. The molecule has 0 aliphatic carbocycles. The van der Waals surface area contributed by atoms with Crippen LogP contribution < -0.4 is 10.1 Å². The predicted octanol–water partition coefficient (Wildman–Crippen LogP) is 1.97. The van der Waals surface area contributed by atoms with Crippen molar-refractivity contribution in [1.82, 2.24) is 15.3 Å². The number of aromatic nitrogens is 2. The second-order valence-corrected chi connectivity index (χ2v) is 5.28. The molecule has 2 rings (SSSR count). The van der Waals surface area contributed by atoms with Gasteiger partial charge in [0.2, 0.25) is 5.88 Å². The quantitative estimate of drug-likeness (QED) is 0.788. The van der Waals surface area contributed by atoms with Gasteiger partial charge in [-0.05, 0) is 32.2 Å². The van der Waals surface area contributed by atoms with E-state index < -0.39 is 0 Å². The highest BCUT2D eigenvalue weighted by Crippen LogP contribution is 2.19. The van der Waals surface area contributed by atoms with Crippen molar-refractivity contribution in [1.29, 1.82) is 0 Å². The van der Waals surface area contributed by atoms with Crippen LogP contribution in [0.2, 0.25) is 0 Å². The van der Waals surface area contributed by atoms with Crippen LogP contribution in [0.3, 0.4) is 0 Å². The van der Waals surface area contributed by atoms with Crippen LogP contribution in [-0.2, 0) is 11.2 Å². The molecule has 1 aromatic heterocycles. The Morgan fingerprint density at radius 3 is 3.10 bits per heavy atom. The summed E-state index contributed by atoms with van der Waals surface area (Å²) in [5.74, 6) is 0.626. The second kappa shape index (κ2) is 8.17. The van der Waals surface area contributed by atoms with Crippen LogP contribution in [0.4, 0.5) is 0 Å². The first-order valence-corrected chi connectivity index (χ1v) is 7.51. The van der Waals surface area contributed by atoms with Crippen LogP contribution in [0.5, 0.6) is 5.88 Å². The van der Waals surface area contributed by atoms with Crippen molar-refractivity contribution in [3.05, 3.63) is 18.1 Å². The van der Waals surface area contributed by atoms with E-state index in [0.717, 1.165) is 38.1 Å². The van der Waals surface area contributed by atoms with Gasteiger partial charge in [0.25, 0.3) is 0 Å². The number of hydrogen-bond acceptors (Lipinski definition) is 5. The van der Waals surface area contributed by atoms with Gasteiger partial charge in [-0.2, -0.15) is 0 Å².